The number of hydrogen-bond acceptors (Lipinski definition) is 13. The molecule has 1 saturated heterocycles. The van der Waals surface area contributed by atoms with Gasteiger partial charge >= 0.3 is 44.8 Å². The Morgan fingerprint density at radius 1 is 0.919 bits per heavy atom. The zero-order valence-electron chi connectivity index (χ0n) is 17.8. The lowest BCUT2D eigenvalue weighted by Gasteiger charge is -2.22. The molecule has 0 bridgehead atoms. The zero-order chi connectivity index (χ0) is 28.6. The molecule has 27 heteroatoms. The molecule has 3 unspecified atom stereocenters. The van der Waals surface area contributed by atoms with Crippen LogP contribution in [0.5, 0.6) is 0 Å². The lowest BCUT2D eigenvalue weighted by molar-refractivity contribution is -0.0443. The highest BCUT2D eigenvalue weighted by Gasteiger charge is 2.46. The number of hydrogen-bond donors (Lipinski definition) is 8. The molecular formula is C10H19N2O20P5. The minimum Gasteiger partial charge on any atom is -0.349 e. The quantitative estimate of drug-likeness (QED) is 0.128. The maximum absolute atomic E-state index is 12.1. The molecule has 37 heavy (non-hydrogen) atoms. The van der Waals surface area contributed by atoms with Crippen molar-refractivity contribution in [3.05, 3.63) is 32.6 Å². The summed E-state index contributed by atoms with van der Waals surface area (Å²) in [7, 11) is -28.4. The fourth-order valence-electron chi connectivity index (χ4n) is 2.73. The molecule has 1 aliphatic rings. The van der Waals surface area contributed by atoms with Crippen LogP contribution in [0.1, 0.15) is 18.2 Å². The Bertz CT molecular complexity index is 1360. The van der Waals surface area contributed by atoms with E-state index in [2.05, 4.69) is 22.0 Å². The molecule has 1 aromatic rings. The lowest BCUT2D eigenvalue weighted by Crippen LogP contribution is -2.33. The third-order valence-electron chi connectivity index (χ3n) is 3.93. The molecule has 0 radical (unpaired) electrons. The Morgan fingerprint density at radius 3 is 2.00 bits per heavy atom. The van der Waals surface area contributed by atoms with E-state index in [4.69, 9.17) is 24.3 Å². The summed E-state index contributed by atoms with van der Waals surface area (Å²) in [6.07, 6.45) is -4.66. The van der Waals surface area contributed by atoms with Gasteiger partial charge in [0.15, 0.2) is 0 Å². The van der Waals surface area contributed by atoms with E-state index in [-0.39, 0.29) is 5.56 Å². The maximum Gasteiger partial charge on any atom is 0.490 e. The third-order valence-corrected chi connectivity index (χ3v) is 9.95. The molecule has 1 aromatic heterocycles. The summed E-state index contributed by atoms with van der Waals surface area (Å²) in [5.41, 5.74) is -1.83. The van der Waals surface area contributed by atoms with Crippen molar-refractivity contribution >= 4 is 39.1 Å². The van der Waals surface area contributed by atoms with Gasteiger partial charge in [0.2, 0.25) is 0 Å². The van der Waals surface area contributed by atoms with Crippen molar-refractivity contribution < 1.29 is 83.8 Å². The molecule has 0 saturated carbocycles. The highest BCUT2D eigenvalue weighted by molar-refractivity contribution is 7.66. The molecule has 0 aliphatic carbocycles. The second-order valence-corrected chi connectivity index (χ2v) is 14.1. The first kappa shape index (κ1) is 32.5. The Hall–Kier alpha value is -0.690. The minimum absolute atomic E-state index is 0.00459. The van der Waals surface area contributed by atoms with E-state index < -0.39 is 81.8 Å². The summed E-state index contributed by atoms with van der Waals surface area (Å²) >= 11 is 0. The van der Waals surface area contributed by atoms with E-state index in [1.54, 1.807) is 0 Å². The minimum atomic E-state index is -5.89. The topological polar surface area (TPSA) is 337 Å². The third kappa shape index (κ3) is 10.8. The first-order valence-corrected chi connectivity index (χ1v) is 16.6. The Morgan fingerprint density at radius 2 is 1.46 bits per heavy atom. The van der Waals surface area contributed by atoms with Crippen LogP contribution in [0.25, 0.3) is 0 Å². The van der Waals surface area contributed by atoms with Gasteiger partial charge in [0.05, 0.1) is 6.61 Å². The normalized spacial score (nSPS) is 25.8. The van der Waals surface area contributed by atoms with Crippen LogP contribution >= 0.6 is 39.1 Å². The van der Waals surface area contributed by atoms with Gasteiger partial charge in [0.1, 0.15) is 18.4 Å². The number of aromatic nitrogens is 2. The first-order valence-electron chi connectivity index (χ1n) is 9.01. The van der Waals surface area contributed by atoms with E-state index in [0.717, 1.165) is 10.8 Å². The van der Waals surface area contributed by atoms with Gasteiger partial charge in [-0.25, -0.2) is 27.6 Å². The van der Waals surface area contributed by atoms with Gasteiger partial charge in [-0.15, -0.1) is 0 Å². The Kier molecular flexibility index (Phi) is 10.0. The number of nitrogens with zero attached hydrogens (tertiary/aromatic N) is 1. The largest absolute Gasteiger partial charge is 0.490 e. The van der Waals surface area contributed by atoms with E-state index in [0.29, 0.717) is 0 Å². The van der Waals surface area contributed by atoms with Gasteiger partial charge in [-0.1, -0.05) is 0 Å². The highest BCUT2D eigenvalue weighted by Crippen LogP contribution is 2.66. The summed E-state index contributed by atoms with van der Waals surface area (Å²) in [4.78, 5) is 88.6. The van der Waals surface area contributed by atoms with Crippen LogP contribution in [0.15, 0.2) is 15.8 Å². The van der Waals surface area contributed by atoms with Gasteiger partial charge in [0, 0.05) is 18.2 Å². The van der Waals surface area contributed by atoms with Crippen molar-refractivity contribution in [2.24, 2.45) is 0 Å². The molecule has 22 nitrogen and oxygen atoms in total. The van der Waals surface area contributed by atoms with Crippen LogP contribution < -0.4 is 11.2 Å². The van der Waals surface area contributed by atoms with E-state index in [1.807, 2.05) is 4.98 Å². The second kappa shape index (κ2) is 11.4. The number of rotatable bonds is 12. The van der Waals surface area contributed by atoms with Crippen molar-refractivity contribution in [1.29, 1.82) is 0 Å². The molecule has 8 N–H and O–H groups in total. The van der Waals surface area contributed by atoms with E-state index >= 15 is 0 Å². The number of H-pyrrole nitrogens is 1. The standard InChI is InChI=1S/C10H19N2O20P5/c1-5-3-12(10(14)11-9(5)13)8-2-6(29-36(23,24)30-33(15,16)17)7(28-8)4-27-35(21,22)32-37(25,26)31-34(18,19)20/h3,6-8H,2,4H2,1H3,(H,21,22)(H,23,24)(H,25,26)(H,11,13,14)(H2,15,16,17)(H2,18,19,20)/t6-,7+,8+/m0/s1. The van der Waals surface area contributed by atoms with Gasteiger partial charge in [-0.3, -0.25) is 23.4 Å². The van der Waals surface area contributed by atoms with Crippen molar-refractivity contribution in [1.82, 2.24) is 9.55 Å². The number of nitrogens with one attached hydrogen (secondary N) is 1. The van der Waals surface area contributed by atoms with Crippen molar-refractivity contribution in [3.8, 4) is 0 Å². The molecule has 0 aromatic carbocycles. The molecule has 0 spiro atoms. The van der Waals surface area contributed by atoms with E-state index in [9.17, 15) is 47.1 Å². The number of phosphoric ester groups is 2. The fourth-order valence-corrected chi connectivity index (χ4v) is 7.55. The SMILES string of the molecule is Cc1cn([C@H]2C[C@H](OP(=O)(O)OP(=O)(O)O)[C@@H](COP(=O)(O)OP(=O)(O)OP(=O)(O)O)O2)c(=O)[nH]c1=O. The van der Waals surface area contributed by atoms with Crippen LogP contribution in [-0.2, 0) is 49.5 Å². The van der Waals surface area contributed by atoms with Crippen LogP contribution in [0, 0.1) is 6.92 Å². The fraction of sp³-hybridized carbons (Fsp3) is 0.600. The number of phosphoric acid groups is 5. The van der Waals surface area contributed by atoms with Gasteiger partial charge < -0.3 is 39.0 Å². The monoisotopic (exact) mass is 642 g/mol. The van der Waals surface area contributed by atoms with Crippen LogP contribution in [-0.4, -0.2) is 62.6 Å². The van der Waals surface area contributed by atoms with Crippen molar-refractivity contribution in [3.63, 3.8) is 0 Å². The summed E-state index contributed by atoms with van der Waals surface area (Å²) in [6, 6.07) is 0. The van der Waals surface area contributed by atoms with Crippen LogP contribution in [0.2, 0.25) is 0 Å². The number of aryl methyl sites for hydroxylation is 1. The van der Waals surface area contributed by atoms with E-state index in [1.165, 1.54) is 6.92 Å². The summed E-state index contributed by atoms with van der Waals surface area (Å²) in [6.45, 7) is 0.0538. The highest BCUT2D eigenvalue weighted by atomic mass is 31.3. The number of ether oxygens (including phenoxy) is 1. The average Bonchev–Trinajstić information content (AvgIpc) is 2.99. The molecule has 1 aliphatic heterocycles. The van der Waals surface area contributed by atoms with Crippen molar-refractivity contribution in [2.75, 3.05) is 6.61 Å². The van der Waals surface area contributed by atoms with Crippen LogP contribution in [0.4, 0.5) is 0 Å². The number of aromatic amines is 1. The molecule has 1 fully saturated rings. The van der Waals surface area contributed by atoms with Crippen molar-refractivity contribution in [2.45, 2.75) is 31.8 Å². The molecular weight excluding hydrogens is 623 g/mol. The lowest BCUT2D eigenvalue weighted by atomic mass is 10.2. The van der Waals surface area contributed by atoms with Crippen LogP contribution in [0.3, 0.4) is 0 Å². The Labute approximate surface area is 204 Å². The maximum atomic E-state index is 12.1. The molecule has 2 heterocycles. The van der Waals surface area contributed by atoms with Gasteiger partial charge in [-0.2, -0.15) is 12.9 Å². The summed E-state index contributed by atoms with van der Waals surface area (Å²) in [5.74, 6) is 0. The van der Waals surface area contributed by atoms with Gasteiger partial charge in [0.25, 0.3) is 5.56 Å². The molecule has 214 valence electrons. The van der Waals surface area contributed by atoms with Gasteiger partial charge in [-0.05, 0) is 6.92 Å². The summed E-state index contributed by atoms with van der Waals surface area (Å²) < 4.78 is 82.8. The predicted octanol–water partition coefficient (Wildman–Crippen LogP) is -0.929. The predicted molar refractivity (Wildman–Crippen MR) is 112 cm³/mol. The second-order valence-electron chi connectivity index (χ2n) is 6.91. The first-order chi connectivity index (χ1) is 16.5. The molecule has 6 atom stereocenters. The zero-order valence-corrected chi connectivity index (χ0v) is 22.3. The smallest absolute Gasteiger partial charge is 0.349 e. The summed E-state index contributed by atoms with van der Waals surface area (Å²) in [5, 5.41) is 0. The average molecular weight is 642 g/mol. The Balaban J connectivity index is 2.28. The molecule has 0 amide bonds. The molecule has 2 rings (SSSR count).